The third kappa shape index (κ3) is 2.12. The van der Waals surface area contributed by atoms with Crippen LogP contribution in [0.1, 0.15) is 37.3 Å². The van der Waals surface area contributed by atoms with Gasteiger partial charge in [0, 0.05) is 6.42 Å². The number of halogens is 1. The maximum Gasteiger partial charge on any atom is 0.123 e. The summed E-state index contributed by atoms with van der Waals surface area (Å²) in [5, 5.41) is 10.5. The van der Waals surface area contributed by atoms with Crippen molar-refractivity contribution < 1.29 is 9.50 Å². The van der Waals surface area contributed by atoms with E-state index < -0.39 is 5.60 Å². The third-order valence-electron chi connectivity index (χ3n) is 3.97. The van der Waals surface area contributed by atoms with Gasteiger partial charge in [-0.25, -0.2) is 4.39 Å². The van der Waals surface area contributed by atoms with Crippen molar-refractivity contribution in [2.45, 2.75) is 45.1 Å². The first-order chi connectivity index (χ1) is 7.51. The summed E-state index contributed by atoms with van der Waals surface area (Å²) in [6.45, 7) is 4.01. The molecule has 2 rings (SSSR count). The molecule has 0 spiro atoms. The molecule has 0 saturated heterocycles. The van der Waals surface area contributed by atoms with E-state index >= 15 is 0 Å². The Bertz CT molecular complexity index is 388. The first kappa shape index (κ1) is 11.6. The van der Waals surface area contributed by atoms with Crippen molar-refractivity contribution in [2.24, 2.45) is 5.92 Å². The van der Waals surface area contributed by atoms with Crippen LogP contribution in [0.5, 0.6) is 0 Å². The van der Waals surface area contributed by atoms with Crippen LogP contribution in [0, 0.1) is 18.7 Å². The highest BCUT2D eigenvalue weighted by Crippen LogP contribution is 2.38. The highest BCUT2D eigenvalue weighted by atomic mass is 19.1. The highest BCUT2D eigenvalue weighted by molar-refractivity contribution is 5.28. The Kier molecular flexibility index (Phi) is 3.02. The van der Waals surface area contributed by atoms with Gasteiger partial charge in [0.1, 0.15) is 5.82 Å². The number of rotatable bonds is 2. The minimum absolute atomic E-state index is 0.201. The lowest BCUT2D eigenvalue weighted by Gasteiger charge is -2.28. The Morgan fingerprint density at radius 2 is 2.25 bits per heavy atom. The van der Waals surface area contributed by atoms with Crippen molar-refractivity contribution in [2.75, 3.05) is 0 Å². The summed E-state index contributed by atoms with van der Waals surface area (Å²) < 4.78 is 13.0. The lowest BCUT2D eigenvalue weighted by Crippen LogP contribution is -2.34. The van der Waals surface area contributed by atoms with Crippen molar-refractivity contribution in [3.05, 3.63) is 35.1 Å². The predicted octanol–water partition coefficient (Wildman–Crippen LogP) is 3.23. The molecule has 0 radical (unpaired) electrons. The average molecular weight is 222 g/mol. The van der Waals surface area contributed by atoms with Crippen LogP contribution < -0.4 is 0 Å². The molecule has 2 atom stereocenters. The number of hydrogen-bond acceptors (Lipinski definition) is 1. The van der Waals surface area contributed by atoms with Gasteiger partial charge in [-0.15, -0.1) is 0 Å². The Labute approximate surface area is 96.3 Å². The minimum atomic E-state index is -0.581. The van der Waals surface area contributed by atoms with E-state index in [1.807, 2.05) is 6.92 Å². The molecule has 0 aromatic heterocycles. The lowest BCUT2D eigenvalue weighted by molar-refractivity contribution is 0.00944. The van der Waals surface area contributed by atoms with E-state index in [2.05, 4.69) is 6.92 Å². The molecule has 88 valence electrons. The summed E-state index contributed by atoms with van der Waals surface area (Å²) in [4.78, 5) is 0. The topological polar surface area (TPSA) is 20.2 Å². The zero-order valence-electron chi connectivity index (χ0n) is 9.96. The average Bonchev–Trinajstić information content (AvgIpc) is 2.52. The van der Waals surface area contributed by atoms with Crippen LogP contribution in [0.3, 0.4) is 0 Å². The monoisotopic (exact) mass is 222 g/mol. The van der Waals surface area contributed by atoms with Crippen LogP contribution in [0.2, 0.25) is 0 Å². The summed E-state index contributed by atoms with van der Waals surface area (Å²) in [5.74, 6) is 0.143. The molecule has 2 unspecified atom stereocenters. The number of benzene rings is 1. The predicted molar refractivity (Wildman–Crippen MR) is 62.8 cm³/mol. The Hall–Kier alpha value is -0.890. The van der Waals surface area contributed by atoms with E-state index in [1.54, 1.807) is 6.07 Å². The van der Waals surface area contributed by atoms with E-state index in [1.165, 1.54) is 12.1 Å². The molecular weight excluding hydrogens is 203 g/mol. The van der Waals surface area contributed by atoms with E-state index in [9.17, 15) is 9.50 Å². The van der Waals surface area contributed by atoms with Gasteiger partial charge in [-0.3, -0.25) is 0 Å². The second-order valence-corrected chi connectivity index (χ2v) is 5.14. The number of aryl methyl sites for hydroxylation is 1. The SMILES string of the molecule is Cc1cc(F)ccc1CC1(O)CCCC1C. The first-order valence-corrected chi connectivity index (χ1v) is 5.99. The van der Waals surface area contributed by atoms with Gasteiger partial charge in [0.15, 0.2) is 0 Å². The summed E-state index contributed by atoms with van der Waals surface area (Å²) in [5.41, 5.74) is 1.42. The van der Waals surface area contributed by atoms with Gasteiger partial charge in [-0.05, 0) is 48.9 Å². The van der Waals surface area contributed by atoms with E-state index in [0.717, 1.165) is 30.4 Å². The van der Waals surface area contributed by atoms with Crippen LogP contribution in [-0.2, 0) is 6.42 Å². The normalized spacial score (nSPS) is 29.6. The van der Waals surface area contributed by atoms with Crippen LogP contribution >= 0.6 is 0 Å². The molecule has 0 aliphatic heterocycles. The minimum Gasteiger partial charge on any atom is -0.389 e. The molecule has 1 nitrogen and oxygen atoms in total. The van der Waals surface area contributed by atoms with Crippen molar-refractivity contribution in [1.29, 1.82) is 0 Å². The molecule has 0 heterocycles. The molecule has 0 amide bonds. The molecule has 0 bridgehead atoms. The third-order valence-corrected chi connectivity index (χ3v) is 3.97. The maximum atomic E-state index is 13.0. The molecule has 2 heteroatoms. The first-order valence-electron chi connectivity index (χ1n) is 5.99. The van der Waals surface area contributed by atoms with E-state index in [4.69, 9.17) is 0 Å². The Morgan fingerprint density at radius 1 is 1.50 bits per heavy atom. The van der Waals surface area contributed by atoms with Crippen LogP contribution in [-0.4, -0.2) is 10.7 Å². The highest BCUT2D eigenvalue weighted by Gasteiger charge is 2.38. The molecule has 1 aromatic carbocycles. The fourth-order valence-corrected chi connectivity index (χ4v) is 2.68. The molecule has 1 saturated carbocycles. The van der Waals surface area contributed by atoms with Crippen LogP contribution in [0.4, 0.5) is 4.39 Å². The lowest BCUT2D eigenvalue weighted by atomic mass is 9.85. The van der Waals surface area contributed by atoms with Crippen LogP contribution in [0.15, 0.2) is 18.2 Å². The molecule has 1 aromatic rings. The van der Waals surface area contributed by atoms with Crippen molar-refractivity contribution in [1.82, 2.24) is 0 Å². The zero-order chi connectivity index (χ0) is 11.8. The molecule has 1 aliphatic carbocycles. The fraction of sp³-hybridized carbons (Fsp3) is 0.571. The summed E-state index contributed by atoms with van der Waals surface area (Å²) in [6, 6.07) is 4.82. The Morgan fingerprint density at radius 3 is 2.81 bits per heavy atom. The quantitative estimate of drug-likeness (QED) is 0.814. The molecular formula is C14H19FO. The smallest absolute Gasteiger partial charge is 0.123 e. The van der Waals surface area contributed by atoms with Crippen molar-refractivity contribution >= 4 is 0 Å². The number of aliphatic hydroxyl groups is 1. The summed E-state index contributed by atoms with van der Waals surface area (Å²) in [7, 11) is 0. The maximum absolute atomic E-state index is 13.0. The van der Waals surface area contributed by atoms with Crippen molar-refractivity contribution in [3.63, 3.8) is 0 Å². The standard InChI is InChI=1S/C14H19FO/c1-10-8-13(15)6-5-12(10)9-14(16)7-3-4-11(14)2/h5-6,8,11,16H,3-4,7,9H2,1-2H3. The molecule has 1 N–H and O–H groups in total. The van der Waals surface area contributed by atoms with E-state index in [0.29, 0.717) is 12.3 Å². The van der Waals surface area contributed by atoms with Gasteiger partial charge >= 0.3 is 0 Å². The summed E-state index contributed by atoms with van der Waals surface area (Å²) in [6.07, 6.45) is 3.71. The second kappa shape index (κ2) is 4.17. The zero-order valence-corrected chi connectivity index (χ0v) is 9.96. The van der Waals surface area contributed by atoms with Crippen LogP contribution in [0.25, 0.3) is 0 Å². The largest absolute Gasteiger partial charge is 0.389 e. The van der Waals surface area contributed by atoms with Gasteiger partial charge in [-0.2, -0.15) is 0 Å². The second-order valence-electron chi connectivity index (χ2n) is 5.14. The fourth-order valence-electron chi connectivity index (χ4n) is 2.68. The van der Waals surface area contributed by atoms with Gasteiger partial charge in [0.05, 0.1) is 5.60 Å². The van der Waals surface area contributed by atoms with Gasteiger partial charge in [-0.1, -0.05) is 19.4 Å². The summed E-state index contributed by atoms with van der Waals surface area (Å²) >= 11 is 0. The molecule has 1 aliphatic rings. The number of hydrogen-bond donors (Lipinski definition) is 1. The van der Waals surface area contributed by atoms with Gasteiger partial charge in [0.2, 0.25) is 0 Å². The molecule has 16 heavy (non-hydrogen) atoms. The van der Waals surface area contributed by atoms with Gasteiger partial charge < -0.3 is 5.11 Å². The van der Waals surface area contributed by atoms with Crippen molar-refractivity contribution in [3.8, 4) is 0 Å². The van der Waals surface area contributed by atoms with E-state index in [-0.39, 0.29) is 5.82 Å². The van der Waals surface area contributed by atoms with Gasteiger partial charge in [0.25, 0.3) is 0 Å². The molecule has 1 fully saturated rings. The Balaban J connectivity index is 2.20.